The fraction of sp³-hybridized carbons (Fsp3) is 0.333. The normalized spacial score (nSPS) is 10.4. The first kappa shape index (κ1) is 10.8. The molecule has 1 aromatic carbocycles. The molecule has 0 saturated carbocycles. The Morgan fingerprint density at radius 2 is 2.08 bits per heavy atom. The SMILES string of the molecule is OCCCc1cc(Br)cc(Cl)c1O. The highest BCUT2D eigenvalue weighted by Crippen LogP contribution is 2.31. The Morgan fingerprint density at radius 1 is 1.38 bits per heavy atom. The molecule has 4 heteroatoms. The number of aliphatic hydroxyl groups is 1. The van der Waals surface area contributed by atoms with Gasteiger partial charge in [-0.3, -0.25) is 0 Å². The number of aromatic hydroxyl groups is 1. The predicted octanol–water partition coefficient (Wildman–Crippen LogP) is 2.73. The summed E-state index contributed by atoms with van der Waals surface area (Å²) in [5, 5.41) is 18.5. The van der Waals surface area contributed by atoms with E-state index >= 15 is 0 Å². The van der Waals surface area contributed by atoms with E-state index in [1.807, 2.05) is 0 Å². The molecule has 0 bridgehead atoms. The molecule has 0 heterocycles. The highest BCUT2D eigenvalue weighted by atomic mass is 79.9. The van der Waals surface area contributed by atoms with Crippen molar-refractivity contribution < 1.29 is 10.2 Å². The number of benzene rings is 1. The second-order valence-corrected chi connectivity index (χ2v) is 4.05. The summed E-state index contributed by atoms with van der Waals surface area (Å²) < 4.78 is 0.836. The lowest BCUT2D eigenvalue weighted by Gasteiger charge is -2.05. The number of hydrogen-bond donors (Lipinski definition) is 2. The van der Waals surface area contributed by atoms with Crippen molar-refractivity contribution >= 4 is 27.5 Å². The monoisotopic (exact) mass is 264 g/mol. The smallest absolute Gasteiger partial charge is 0.137 e. The molecule has 0 amide bonds. The van der Waals surface area contributed by atoms with E-state index in [-0.39, 0.29) is 12.4 Å². The van der Waals surface area contributed by atoms with Gasteiger partial charge in [0.1, 0.15) is 5.75 Å². The van der Waals surface area contributed by atoms with Crippen molar-refractivity contribution in [3.63, 3.8) is 0 Å². The van der Waals surface area contributed by atoms with Crippen molar-refractivity contribution in [1.29, 1.82) is 0 Å². The molecule has 1 aromatic rings. The van der Waals surface area contributed by atoms with Crippen molar-refractivity contribution in [2.75, 3.05) is 6.61 Å². The zero-order chi connectivity index (χ0) is 9.84. The molecule has 0 unspecified atom stereocenters. The minimum absolute atomic E-state index is 0.110. The van der Waals surface area contributed by atoms with Crippen LogP contribution in [0.1, 0.15) is 12.0 Å². The number of phenolic OH excluding ortho intramolecular Hbond substituents is 1. The van der Waals surface area contributed by atoms with Crippen molar-refractivity contribution in [3.8, 4) is 5.75 Å². The van der Waals surface area contributed by atoms with Crippen LogP contribution in [0, 0.1) is 0 Å². The van der Waals surface area contributed by atoms with Crippen LogP contribution < -0.4 is 0 Å². The molecule has 0 radical (unpaired) electrons. The fourth-order valence-electron chi connectivity index (χ4n) is 1.08. The maximum Gasteiger partial charge on any atom is 0.137 e. The van der Waals surface area contributed by atoms with Crippen LogP contribution in [0.15, 0.2) is 16.6 Å². The molecule has 1 rings (SSSR count). The Kier molecular flexibility index (Phi) is 4.03. The van der Waals surface area contributed by atoms with Crippen LogP contribution >= 0.6 is 27.5 Å². The van der Waals surface area contributed by atoms with Gasteiger partial charge in [-0.1, -0.05) is 27.5 Å². The number of hydrogen-bond acceptors (Lipinski definition) is 2. The molecule has 2 N–H and O–H groups in total. The van der Waals surface area contributed by atoms with Gasteiger partial charge in [-0.05, 0) is 30.5 Å². The van der Waals surface area contributed by atoms with Crippen molar-refractivity contribution in [2.24, 2.45) is 0 Å². The summed E-state index contributed by atoms with van der Waals surface area (Å²) in [6.45, 7) is 0.115. The molecular formula is C9H10BrClO2. The summed E-state index contributed by atoms with van der Waals surface area (Å²) in [6, 6.07) is 3.44. The molecule has 0 aliphatic heterocycles. The van der Waals surface area contributed by atoms with Crippen LogP contribution in [0.25, 0.3) is 0 Å². The summed E-state index contributed by atoms with van der Waals surface area (Å²) in [5.41, 5.74) is 0.758. The first-order valence-corrected chi connectivity index (χ1v) is 5.10. The van der Waals surface area contributed by atoms with Crippen LogP contribution in [-0.4, -0.2) is 16.8 Å². The van der Waals surface area contributed by atoms with Gasteiger partial charge in [0.15, 0.2) is 0 Å². The van der Waals surface area contributed by atoms with E-state index in [0.29, 0.717) is 17.9 Å². The fourth-order valence-corrected chi connectivity index (χ4v) is 1.96. The second kappa shape index (κ2) is 4.84. The third kappa shape index (κ3) is 2.86. The Hall–Kier alpha value is -0.250. The Labute approximate surface area is 90.3 Å². The van der Waals surface area contributed by atoms with Gasteiger partial charge < -0.3 is 10.2 Å². The zero-order valence-corrected chi connectivity index (χ0v) is 9.27. The van der Waals surface area contributed by atoms with Crippen LogP contribution in [-0.2, 0) is 6.42 Å². The molecule has 0 aliphatic rings. The third-order valence-electron chi connectivity index (χ3n) is 1.71. The van der Waals surface area contributed by atoms with Gasteiger partial charge in [0.2, 0.25) is 0 Å². The van der Waals surface area contributed by atoms with E-state index in [1.54, 1.807) is 12.1 Å². The van der Waals surface area contributed by atoms with Crippen LogP contribution in [0.2, 0.25) is 5.02 Å². The first-order valence-electron chi connectivity index (χ1n) is 3.93. The first-order chi connectivity index (χ1) is 6.15. The van der Waals surface area contributed by atoms with E-state index in [9.17, 15) is 5.11 Å². The summed E-state index contributed by atoms with van der Waals surface area (Å²) in [6.07, 6.45) is 1.25. The lowest BCUT2D eigenvalue weighted by Crippen LogP contribution is -1.90. The number of aryl methyl sites for hydroxylation is 1. The van der Waals surface area contributed by atoms with Crippen molar-refractivity contribution in [3.05, 3.63) is 27.2 Å². The van der Waals surface area contributed by atoms with Crippen LogP contribution in [0.4, 0.5) is 0 Å². The maximum absolute atomic E-state index is 9.51. The van der Waals surface area contributed by atoms with Gasteiger partial charge in [-0.2, -0.15) is 0 Å². The Balaban J connectivity index is 2.92. The lowest BCUT2D eigenvalue weighted by atomic mass is 10.1. The molecule has 0 fully saturated rings. The Bertz CT molecular complexity index is 302. The third-order valence-corrected chi connectivity index (χ3v) is 2.46. The average Bonchev–Trinajstić information content (AvgIpc) is 2.09. The van der Waals surface area contributed by atoms with E-state index in [1.165, 1.54) is 0 Å². The summed E-state index contributed by atoms with van der Waals surface area (Å²) in [5.74, 6) is 0.110. The van der Waals surface area contributed by atoms with Crippen LogP contribution in [0.3, 0.4) is 0 Å². The molecule has 0 aromatic heterocycles. The van der Waals surface area contributed by atoms with Gasteiger partial charge in [0.25, 0.3) is 0 Å². The molecule has 0 spiro atoms. The predicted molar refractivity (Wildman–Crippen MR) is 56.2 cm³/mol. The highest BCUT2D eigenvalue weighted by Gasteiger charge is 2.06. The zero-order valence-electron chi connectivity index (χ0n) is 6.93. The van der Waals surface area contributed by atoms with Crippen molar-refractivity contribution in [1.82, 2.24) is 0 Å². The minimum Gasteiger partial charge on any atom is -0.506 e. The number of phenols is 1. The largest absolute Gasteiger partial charge is 0.506 e. The quantitative estimate of drug-likeness (QED) is 0.882. The second-order valence-electron chi connectivity index (χ2n) is 2.72. The van der Waals surface area contributed by atoms with Gasteiger partial charge >= 0.3 is 0 Å². The van der Waals surface area contributed by atoms with Gasteiger partial charge in [0.05, 0.1) is 5.02 Å². The van der Waals surface area contributed by atoms with E-state index in [4.69, 9.17) is 16.7 Å². The average molecular weight is 266 g/mol. The summed E-state index contributed by atoms with van der Waals surface area (Å²) in [7, 11) is 0. The number of halogens is 2. The van der Waals surface area contributed by atoms with Crippen molar-refractivity contribution in [2.45, 2.75) is 12.8 Å². The van der Waals surface area contributed by atoms with E-state index < -0.39 is 0 Å². The van der Waals surface area contributed by atoms with Crippen LogP contribution in [0.5, 0.6) is 5.75 Å². The molecule has 13 heavy (non-hydrogen) atoms. The molecule has 72 valence electrons. The Morgan fingerprint density at radius 3 is 2.69 bits per heavy atom. The minimum atomic E-state index is 0.110. The maximum atomic E-state index is 9.51. The molecule has 0 aliphatic carbocycles. The van der Waals surface area contributed by atoms with E-state index in [0.717, 1.165) is 10.0 Å². The lowest BCUT2D eigenvalue weighted by molar-refractivity contribution is 0.288. The van der Waals surface area contributed by atoms with Gasteiger partial charge in [-0.25, -0.2) is 0 Å². The van der Waals surface area contributed by atoms with Gasteiger partial charge in [-0.15, -0.1) is 0 Å². The molecule has 2 nitrogen and oxygen atoms in total. The number of rotatable bonds is 3. The standard InChI is InChI=1S/C9H10BrClO2/c10-7-4-6(2-1-3-12)9(13)8(11)5-7/h4-5,12-13H,1-3H2. The highest BCUT2D eigenvalue weighted by molar-refractivity contribution is 9.10. The topological polar surface area (TPSA) is 40.5 Å². The number of aliphatic hydroxyl groups excluding tert-OH is 1. The summed E-state index contributed by atoms with van der Waals surface area (Å²) >= 11 is 9.04. The molecular weight excluding hydrogens is 255 g/mol. The summed E-state index contributed by atoms with van der Waals surface area (Å²) in [4.78, 5) is 0. The molecule has 0 atom stereocenters. The van der Waals surface area contributed by atoms with Gasteiger partial charge in [0, 0.05) is 11.1 Å². The molecule has 0 saturated heterocycles. The van der Waals surface area contributed by atoms with E-state index in [2.05, 4.69) is 15.9 Å².